The highest BCUT2D eigenvalue weighted by Crippen LogP contribution is 2.15. The lowest BCUT2D eigenvalue weighted by Gasteiger charge is -2.08. The SMILES string of the molecule is CCCCCCCCCc1ccc(OCCOC(=O)CCCCCCC)cc1. The Morgan fingerprint density at radius 2 is 1.29 bits per heavy atom. The summed E-state index contributed by atoms with van der Waals surface area (Å²) >= 11 is 0. The van der Waals surface area contributed by atoms with E-state index in [0.29, 0.717) is 19.6 Å². The standard InChI is InChI=1S/C25H42O3/c1-3-5-7-9-10-12-13-15-23-17-19-24(20-18-23)27-21-22-28-25(26)16-14-11-8-6-4-2/h17-20H,3-16,21-22H2,1-2H3. The molecule has 28 heavy (non-hydrogen) atoms. The van der Waals surface area contributed by atoms with E-state index in [1.165, 1.54) is 69.8 Å². The second-order valence-electron chi connectivity index (χ2n) is 7.75. The van der Waals surface area contributed by atoms with Crippen molar-refractivity contribution in [3.8, 4) is 5.75 Å². The van der Waals surface area contributed by atoms with Gasteiger partial charge in [0.1, 0.15) is 19.0 Å². The van der Waals surface area contributed by atoms with Crippen molar-refractivity contribution >= 4 is 5.97 Å². The third-order valence-electron chi connectivity index (χ3n) is 5.09. The summed E-state index contributed by atoms with van der Waals surface area (Å²) in [5, 5.41) is 0. The summed E-state index contributed by atoms with van der Waals surface area (Å²) < 4.78 is 10.9. The van der Waals surface area contributed by atoms with Crippen molar-refractivity contribution in [3.63, 3.8) is 0 Å². The van der Waals surface area contributed by atoms with Gasteiger partial charge in [0.25, 0.3) is 0 Å². The number of unbranched alkanes of at least 4 members (excludes halogenated alkanes) is 10. The minimum Gasteiger partial charge on any atom is -0.490 e. The molecule has 0 bridgehead atoms. The molecule has 1 aromatic rings. The molecule has 0 radical (unpaired) electrons. The summed E-state index contributed by atoms with van der Waals surface area (Å²) in [5.41, 5.74) is 1.37. The van der Waals surface area contributed by atoms with Gasteiger partial charge in [-0.2, -0.15) is 0 Å². The third-order valence-corrected chi connectivity index (χ3v) is 5.09. The van der Waals surface area contributed by atoms with Crippen molar-refractivity contribution in [2.45, 2.75) is 104 Å². The second kappa shape index (κ2) is 17.6. The van der Waals surface area contributed by atoms with Crippen LogP contribution < -0.4 is 4.74 Å². The van der Waals surface area contributed by atoms with Gasteiger partial charge in [-0.25, -0.2) is 0 Å². The molecule has 160 valence electrons. The average molecular weight is 391 g/mol. The number of carbonyl (C=O) groups is 1. The van der Waals surface area contributed by atoms with E-state index in [1.54, 1.807) is 0 Å². The Morgan fingerprint density at radius 1 is 0.714 bits per heavy atom. The smallest absolute Gasteiger partial charge is 0.305 e. The van der Waals surface area contributed by atoms with Crippen molar-refractivity contribution in [3.05, 3.63) is 29.8 Å². The van der Waals surface area contributed by atoms with Crippen LogP contribution in [0.2, 0.25) is 0 Å². The molecule has 1 aromatic carbocycles. The number of ether oxygens (including phenoxy) is 2. The van der Waals surface area contributed by atoms with Gasteiger partial charge < -0.3 is 9.47 Å². The van der Waals surface area contributed by atoms with E-state index in [1.807, 2.05) is 12.1 Å². The Hall–Kier alpha value is -1.51. The Morgan fingerprint density at radius 3 is 1.93 bits per heavy atom. The van der Waals surface area contributed by atoms with Crippen LogP contribution in [0.1, 0.15) is 103 Å². The largest absolute Gasteiger partial charge is 0.490 e. The molecule has 3 nitrogen and oxygen atoms in total. The van der Waals surface area contributed by atoms with Crippen molar-refractivity contribution < 1.29 is 14.3 Å². The summed E-state index contributed by atoms with van der Waals surface area (Å²) in [4.78, 5) is 11.7. The first-order chi connectivity index (χ1) is 13.8. The van der Waals surface area contributed by atoms with Crippen molar-refractivity contribution in [2.24, 2.45) is 0 Å². The number of benzene rings is 1. The van der Waals surface area contributed by atoms with Crippen LogP contribution in [0.5, 0.6) is 5.75 Å². The predicted octanol–water partition coefficient (Wildman–Crippen LogP) is 7.26. The van der Waals surface area contributed by atoms with Crippen molar-refractivity contribution in [1.29, 1.82) is 0 Å². The van der Waals surface area contributed by atoms with E-state index in [2.05, 4.69) is 26.0 Å². The van der Waals surface area contributed by atoms with E-state index in [0.717, 1.165) is 25.0 Å². The molecular formula is C25H42O3. The maximum atomic E-state index is 11.7. The number of hydrogen-bond donors (Lipinski definition) is 0. The molecule has 0 N–H and O–H groups in total. The van der Waals surface area contributed by atoms with Crippen LogP contribution in [-0.2, 0) is 16.0 Å². The molecule has 0 heterocycles. The lowest BCUT2D eigenvalue weighted by molar-refractivity contribution is -0.144. The summed E-state index contributed by atoms with van der Waals surface area (Å²) in [6, 6.07) is 8.34. The highest BCUT2D eigenvalue weighted by molar-refractivity contribution is 5.69. The molecule has 0 saturated carbocycles. The summed E-state index contributed by atoms with van der Waals surface area (Å²) in [7, 11) is 0. The van der Waals surface area contributed by atoms with Crippen molar-refractivity contribution in [1.82, 2.24) is 0 Å². The number of rotatable bonds is 18. The zero-order chi connectivity index (χ0) is 20.3. The number of aryl methyl sites for hydroxylation is 1. The van der Waals surface area contributed by atoms with Crippen LogP contribution in [0.4, 0.5) is 0 Å². The van der Waals surface area contributed by atoms with E-state index in [9.17, 15) is 4.79 Å². The molecule has 0 spiro atoms. The van der Waals surface area contributed by atoms with Gasteiger partial charge in [0.15, 0.2) is 0 Å². The van der Waals surface area contributed by atoms with Gasteiger partial charge >= 0.3 is 5.97 Å². The summed E-state index contributed by atoms with van der Waals surface area (Å²) in [6.07, 6.45) is 16.8. The Kier molecular flexibility index (Phi) is 15.4. The predicted molar refractivity (Wildman–Crippen MR) is 118 cm³/mol. The normalized spacial score (nSPS) is 10.8. The van der Waals surface area contributed by atoms with E-state index in [4.69, 9.17) is 9.47 Å². The fraction of sp³-hybridized carbons (Fsp3) is 0.720. The first kappa shape index (κ1) is 24.5. The first-order valence-electron chi connectivity index (χ1n) is 11.6. The Labute approximate surface area is 173 Å². The van der Waals surface area contributed by atoms with Gasteiger partial charge in [0, 0.05) is 6.42 Å². The van der Waals surface area contributed by atoms with Crippen LogP contribution in [0.25, 0.3) is 0 Å². The van der Waals surface area contributed by atoms with Gasteiger partial charge in [0.05, 0.1) is 0 Å². The molecule has 0 fully saturated rings. The quantitative estimate of drug-likeness (QED) is 0.195. The van der Waals surface area contributed by atoms with E-state index >= 15 is 0 Å². The van der Waals surface area contributed by atoms with Gasteiger partial charge in [-0.3, -0.25) is 4.79 Å². The van der Waals surface area contributed by atoms with Crippen LogP contribution >= 0.6 is 0 Å². The van der Waals surface area contributed by atoms with Gasteiger partial charge in [-0.05, 0) is 37.0 Å². The molecular weight excluding hydrogens is 348 g/mol. The van der Waals surface area contributed by atoms with Crippen LogP contribution in [0.3, 0.4) is 0 Å². The molecule has 0 saturated heterocycles. The Balaban J connectivity index is 2.03. The second-order valence-corrected chi connectivity index (χ2v) is 7.75. The molecule has 0 aliphatic heterocycles. The molecule has 3 heteroatoms. The highest BCUT2D eigenvalue weighted by Gasteiger charge is 2.03. The third kappa shape index (κ3) is 13.6. The fourth-order valence-electron chi connectivity index (χ4n) is 3.30. The maximum absolute atomic E-state index is 11.7. The summed E-state index contributed by atoms with van der Waals surface area (Å²) in [6.45, 7) is 5.20. The van der Waals surface area contributed by atoms with E-state index in [-0.39, 0.29) is 5.97 Å². The zero-order valence-corrected chi connectivity index (χ0v) is 18.3. The topological polar surface area (TPSA) is 35.5 Å². The molecule has 0 unspecified atom stereocenters. The van der Waals surface area contributed by atoms with Crippen molar-refractivity contribution in [2.75, 3.05) is 13.2 Å². The highest BCUT2D eigenvalue weighted by atomic mass is 16.6. The number of hydrogen-bond acceptors (Lipinski definition) is 3. The minimum absolute atomic E-state index is 0.106. The molecule has 0 atom stereocenters. The lowest BCUT2D eigenvalue weighted by Crippen LogP contribution is -2.12. The van der Waals surface area contributed by atoms with E-state index < -0.39 is 0 Å². The zero-order valence-electron chi connectivity index (χ0n) is 18.3. The van der Waals surface area contributed by atoms with Gasteiger partial charge in [-0.1, -0.05) is 90.2 Å². The molecule has 0 amide bonds. The average Bonchev–Trinajstić information content (AvgIpc) is 2.71. The molecule has 0 aliphatic carbocycles. The lowest BCUT2D eigenvalue weighted by atomic mass is 10.0. The maximum Gasteiger partial charge on any atom is 0.305 e. The molecule has 1 rings (SSSR count). The number of esters is 1. The van der Waals surface area contributed by atoms with Crippen LogP contribution in [-0.4, -0.2) is 19.2 Å². The van der Waals surface area contributed by atoms with Gasteiger partial charge in [0.2, 0.25) is 0 Å². The molecule has 0 aromatic heterocycles. The minimum atomic E-state index is -0.106. The first-order valence-corrected chi connectivity index (χ1v) is 11.6. The van der Waals surface area contributed by atoms with Gasteiger partial charge in [-0.15, -0.1) is 0 Å². The number of carbonyl (C=O) groups excluding carboxylic acids is 1. The molecule has 0 aliphatic rings. The fourth-order valence-corrected chi connectivity index (χ4v) is 3.30. The van der Waals surface area contributed by atoms with Crippen LogP contribution in [0, 0.1) is 0 Å². The Bertz CT molecular complexity index is 481. The van der Waals surface area contributed by atoms with Crippen LogP contribution in [0.15, 0.2) is 24.3 Å². The monoisotopic (exact) mass is 390 g/mol. The summed E-state index contributed by atoms with van der Waals surface area (Å²) in [5.74, 6) is 0.740.